The van der Waals surface area contributed by atoms with Crippen LogP contribution in [0.3, 0.4) is 0 Å². The molecule has 0 radical (unpaired) electrons. The van der Waals surface area contributed by atoms with E-state index in [4.69, 9.17) is 17.3 Å². The summed E-state index contributed by atoms with van der Waals surface area (Å²) < 4.78 is 0. The topological polar surface area (TPSA) is 29.3 Å². The highest BCUT2D eigenvalue weighted by molar-refractivity contribution is 6.31. The summed E-state index contributed by atoms with van der Waals surface area (Å²) in [5.74, 6) is 0. The first-order chi connectivity index (χ1) is 8.63. The van der Waals surface area contributed by atoms with Crippen LogP contribution in [0.25, 0.3) is 0 Å². The Morgan fingerprint density at radius 3 is 2.56 bits per heavy atom. The van der Waals surface area contributed by atoms with Crippen LogP contribution in [0, 0.1) is 6.92 Å². The molecule has 0 saturated carbocycles. The highest BCUT2D eigenvalue weighted by Gasteiger charge is 2.11. The molecule has 3 heteroatoms. The Bertz CT molecular complexity index is 552. The quantitative estimate of drug-likeness (QED) is 0.908. The van der Waals surface area contributed by atoms with Crippen molar-refractivity contribution in [1.29, 1.82) is 0 Å². The summed E-state index contributed by atoms with van der Waals surface area (Å²) in [5, 5.41) is 0.717. The van der Waals surface area contributed by atoms with Gasteiger partial charge in [-0.2, -0.15) is 0 Å². The average molecular weight is 261 g/mol. The van der Waals surface area contributed by atoms with Gasteiger partial charge >= 0.3 is 0 Å². The molecule has 2 rings (SSSR count). The molecule has 2 N–H and O–H groups in total. The fourth-order valence-corrected chi connectivity index (χ4v) is 2.29. The number of nitrogens with two attached hydrogens (primary N) is 1. The van der Waals surface area contributed by atoms with Gasteiger partial charge in [-0.15, -0.1) is 0 Å². The van der Waals surface area contributed by atoms with E-state index in [2.05, 4.69) is 30.0 Å². The third kappa shape index (κ3) is 2.50. The first-order valence-electron chi connectivity index (χ1n) is 5.91. The van der Waals surface area contributed by atoms with Gasteiger partial charge in [-0.05, 0) is 36.8 Å². The lowest BCUT2D eigenvalue weighted by atomic mass is 10.1. The second-order valence-corrected chi connectivity index (χ2v) is 4.75. The zero-order valence-corrected chi connectivity index (χ0v) is 11.4. The van der Waals surface area contributed by atoms with Crippen molar-refractivity contribution in [2.45, 2.75) is 13.5 Å². The summed E-state index contributed by atoms with van der Waals surface area (Å²) in [6, 6.07) is 14.2. The van der Waals surface area contributed by atoms with Gasteiger partial charge in [0, 0.05) is 35.6 Å². The van der Waals surface area contributed by atoms with E-state index < -0.39 is 0 Å². The van der Waals surface area contributed by atoms with Gasteiger partial charge in [0.2, 0.25) is 0 Å². The Hall–Kier alpha value is -1.51. The minimum absolute atomic E-state index is 0.436. The minimum atomic E-state index is 0.436. The van der Waals surface area contributed by atoms with Gasteiger partial charge in [0.15, 0.2) is 0 Å². The Labute approximate surface area is 113 Å². The number of halogens is 1. The maximum Gasteiger partial charge on any atom is 0.0471 e. The number of hydrogen-bond acceptors (Lipinski definition) is 2. The molecule has 0 aliphatic rings. The van der Waals surface area contributed by atoms with Crippen molar-refractivity contribution in [3.63, 3.8) is 0 Å². The molecule has 0 saturated heterocycles. The fourth-order valence-electron chi connectivity index (χ4n) is 2.04. The van der Waals surface area contributed by atoms with E-state index in [0.717, 1.165) is 22.0 Å². The van der Waals surface area contributed by atoms with E-state index in [9.17, 15) is 0 Å². The fraction of sp³-hybridized carbons (Fsp3) is 0.200. The maximum absolute atomic E-state index is 6.19. The maximum atomic E-state index is 6.19. The van der Waals surface area contributed by atoms with E-state index in [0.29, 0.717) is 6.54 Å². The third-order valence-corrected chi connectivity index (χ3v) is 3.40. The molecule has 94 valence electrons. The number of benzene rings is 2. The summed E-state index contributed by atoms with van der Waals surface area (Å²) in [6.07, 6.45) is 0. The van der Waals surface area contributed by atoms with Crippen LogP contribution in [0.2, 0.25) is 5.02 Å². The monoisotopic (exact) mass is 260 g/mol. The summed E-state index contributed by atoms with van der Waals surface area (Å²) in [4.78, 5) is 2.11. The summed E-state index contributed by atoms with van der Waals surface area (Å²) in [5.41, 5.74) is 10.2. The molecule has 2 aromatic rings. The lowest BCUT2D eigenvalue weighted by Gasteiger charge is -2.23. The molecule has 0 amide bonds. The zero-order valence-electron chi connectivity index (χ0n) is 10.7. The standard InChI is InChI=1S/C15H17ClN2/c1-11-5-3-6-12(9-11)18(2)15-8-4-7-14(16)13(15)10-17/h3-9H,10,17H2,1-2H3. The van der Waals surface area contributed by atoms with Crippen molar-refractivity contribution in [3.8, 4) is 0 Å². The lowest BCUT2D eigenvalue weighted by molar-refractivity contribution is 1.05. The summed E-state index contributed by atoms with van der Waals surface area (Å²) in [7, 11) is 2.03. The largest absolute Gasteiger partial charge is 0.344 e. The Morgan fingerprint density at radius 2 is 1.89 bits per heavy atom. The normalized spacial score (nSPS) is 10.4. The van der Waals surface area contributed by atoms with Gasteiger partial charge < -0.3 is 10.6 Å². The van der Waals surface area contributed by atoms with Crippen LogP contribution in [0.4, 0.5) is 11.4 Å². The smallest absolute Gasteiger partial charge is 0.0471 e. The summed E-state index contributed by atoms with van der Waals surface area (Å²) in [6.45, 7) is 2.52. The number of rotatable bonds is 3. The predicted molar refractivity (Wildman–Crippen MR) is 78.6 cm³/mol. The van der Waals surface area contributed by atoms with Gasteiger partial charge in [0.05, 0.1) is 0 Å². The van der Waals surface area contributed by atoms with E-state index in [1.807, 2.05) is 31.3 Å². The minimum Gasteiger partial charge on any atom is -0.344 e. The van der Waals surface area contributed by atoms with Crippen LogP contribution >= 0.6 is 11.6 Å². The van der Waals surface area contributed by atoms with Crippen LogP contribution < -0.4 is 10.6 Å². The molecule has 18 heavy (non-hydrogen) atoms. The average Bonchev–Trinajstić information content (AvgIpc) is 2.37. The molecule has 0 aromatic heterocycles. The Morgan fingerprint density at radius 1 is 1.17 bits per heavy atom. The molecule has 0 aliphatic heterocycles. The SMILES string of the molecule is Cc1cccc(N(C)c2cccc(Cl)c2CN)c1. The first-order valence-corrected chi connectivity index (χ1v) is 6.29. The second-order valence-electron chi connectivity index (χ2n) is 4.34. The van der Waals surface area contributed by atoms with Crippen LogP contribution in [-0.2, 0) is 6.54 Å². The number of nitrogens with zero attached hydrogens (tertiary/aromatic N) is 1. The van der Waals surface area contributed by atoms with Gasteiger partial charge in [-0.25, -0.2) is 0 Å². The molecule has 0 aliphatic carbocycles. The second kappa shape index (κ2) is 5.42. The van der Waals surface area contributed by atoms with Crippen molar-refractivity contribution in [2.75, 3.05) is 11.9 Å². The number of anilines is 2. The number of hydrogen-bond donors (Lipinski definition) is 1. The van der Waals surface area contributed by atoms with Crippen molar-refractivity contribution in [3.05, 3.63) is 58.6 Å². The van der Waals surface area contributed by atoms with Crippen molar-refractivity contribution < 1.29 is 0 Å². The third-order valence-electron chi connectivity index (χ3n) is 3.05. The molecule has 0 spiro atoms. The molecule has 0 heterocycles. The highest BCUT2D eigenvalue weighted by Crippen LogP contribution is 2.31. The molecule has 2 nitrogen and oxygen atoms in total. The molecular weight excluding hydrogens is 244 g/mol. The molecule has 0 atom stereocenters. The van der Waals surface area contributed by atoms with Crippen LogP contribution in [0.1, 0.15) is 11.1 Å². The Balaban J connectivity index is 2.46. The molecule has 0 unspecified atom stereocenters. The van der Waals surface area contributed by atoms with Gasteiger partial charge in [0.1, 0.15) is 0 Å². The van der Waals surface area contributed by atoms with Gasteiger partial charge in [-0.1, -0.05) is 29.8 Å². The van der Waals surface area contributed by atoms with E-state index in [1.165, 1.54) is 5.56 Å². The molecule has 2 aromatic carbocycles. The van der Waals surface area contributed by atoms with E-state index >= 15 is 0 Å². The molecule has 0 fully saturated rings. The summed E-state index contributed by atoms with van der Waals surface area (Å²) >= 11 is 6.19. The Kier molecular flexibility index (Phi) is 3.90. The van der Waals surface area contributed by atoms with Gasteiger partial charge in [-0.3, -0.25) is 0 Å². The van der Waals surface area contributed by atoms with Crippen molar-refractivity contribution in [1.82, 2.24) is 0 Å². The van der Waals surface area contributed by atoms with E-state index in [1.54, 1.807) is 0 Å². The first kappa shape index (κ1) is 12.9. The van der Waals surface area contributed by atoms with Crippen LogP contribution in [-0.4, -0.2) is 7.05 Å². The number of aryl methyl sites for hydroxylation is 1. The van der Waals surface area contributed by atoms with Crippen molar-refractivity contribution >= 4 is 23.0 Å². The molecule has 0 bridgehead atoms. The molecular formula is C15H17ClN2. The van der Waals surface area contributed by atoms with Crippen LogP contribution in [0.5, 0.6) is 0 Å². The van der Waals surface area contributed by atoms with Crippen molar-refractivity contribution in [2.24, 2.45) is 5.73 Å². The predicted octanol–water partition coefficient (Wildman–Crippen LogP) is 3.88. The lowest BCUT2D eigenvalue weighted by Crippen LogP contribution is -2.13. The van der Waals surface area contributed by atoms with E-state index in [-0.39, 0.29) is 0 Å². The van der Waals surface area contributed by atoms with Gasteiger partial charge in [0.25, 0.3) is 0 Å². The zero-order chi connectivity index (χ0) is 13.1. The highest BCUT2D eigenvalue weighted by atomic mass is 35.5. The van der Waals surface area contributed by atoms with Crippen LogP contribution in [0.15, 0.2) is 42.5 Å².